The normalized spacial score (nSPS) is 14.7. The third kappa shape index (κ3) is 5.06. The number of hydrazone groups is 1. The van der Waals surface area contributed by atoms with Gasteiger partial charge >= 0.3 is 0 Å². The number of piperidine rings is 1. The number of nitrogens with zero attached hydrogens (tertiary/aromatic N) is 5. The zero-order chi connectivity index (χ0) is 24.4. The number of imidazole rings is 1. The van der Waals surface area contributed by atoms with Crippen molar-refractivity contribution in [3.05, 3.63) is 75.2 Å². The second-order valence-corrected chi connectivity index (χ2v) is 9.44. The van der Waals surface area contributed by atoms with Gasteiger partial charge in [0.2, 0.25) is 0 Å². The Balaban J connectivity index is 1.35. The summed E-state index contributed by atoms with van der Waals surface area (Å²) < 4.78 is 3.50. The number of fused-ring (bicyclic) bond motifs is 1. The molecule has 2 N–H and O–H groups in total. The van der Waals surface area contributed by atoms with E-state index in [0.717, 1.165) is 43.0 Å². The average molecular weight is 531 g/mol. The number of carbonyl (C=O) groups excluding carboxylic acids is 1. The lowest BCUT2D eigenvalue weighted by molar-refractivity contribution is -0.121. The molecule has 1 aliphatic heterocycles. The van der Waals surface area contributed by atoms with Crippen molar-refractivity contribution in [2.75, 3.05) is 13.1 Å². The summed E-state index contributed by atoms with van der Waals surface area (Å²) in [7, 11) is 0. The largest absolute Gasteiger partial charge is 0.318 e. The molecule has 1 aliphatic rings. The third-order valence-corrected chi connectivity index (χ3v) is 7.06. The van der Waals surface area contributed by atoms with Gasteiger partial charge < -0.3 is 9.88 Å². The van der Waals surface area contributed by atoms with E-state index in [2.05, 4.69) is 20.9 Å². The molecular formula is C24H22Cl3N7O. The minimum absolute atomic E-state index is 0.0437. The van der Waals surface area contributed by atoms with Crippen LogP contribution in [0.5, 0.6) is 0 Å². The van der Waals surface area contributed by atoms with Gasteiger partial charge in [-0.15, -0.1) is 0 Å². The summed E-state index contributed by atoms with van der Waals surface area (Å²) >= 11 is 18.9. The van der Waals surface area contributed by atoms with Crippen molar-refractivity contribution in [1.29, 1.82) is 0 Å². The third-order valence-electron chi connectivity index (χ3n) is 5.96. The molecule has 35 heavy (non-hydrogen) atoms. The second-order valence-electron chi connectivity index (χ2n) is 8.27. The molecule has 0 radical (unpaired) electrons. The van der Waals surface area contributed by atoms with E-state index in [9.17, 15) is 4.79 Å². The number of hydrogen-bond donors (Lipinski definition) is 2. The molecule has 5 rings (SSSR count). The first-order valence-corrected chi connectivity index (χ1v) is 12.3. The molecule has 0 aliphatic carbocycles. The van der Waals surface area contributed by atoms with E-state index < -0.39 is 0 Å². The number of benzene rings is 2. The number of nitrogens with one attached hydrogen (secondary N) is 2. The van der Waals surface area contributed by atoms with Crippen LogP contribution in [0.25, 0.3) is 16.7 Å². The first-order chi connectivity index (χ1) is 17.0. The molecule has 11 heteroatoms. The van der Waals surface area contributed by atoms with E-state index >= 15 is 0 Å². The summed E-state index contributed by atoms with van der Waals surface area (Å²) in [6.45, 7) is 1.86. The quantitative estimate of drug-likeness (QED) is 0.277. The topological polar surface area (TPSA) is 89.1 Å². The van der Waals surface area contributed by atoms with Crippen molar-refractivity contribution in [1.82, 2.24) is 30.1 Å². The molecule has 0 bridgehead atoms. The molecular weight excluding hydrogens is 509 g/mol. The maximum absolute atomic E-state index is 12.8. The van der Waals surface area contributed by atoms with Crippen LogP contribution < -0.4 is 10.7 Å². The van der Waals surface area contributed by atoms with Gasteiger partial charge in [-0.25, -0.2) is 15.1 Å². The predicted molar refractivity (Wildman–Crippen MR) is 139 cm³/mol. The Kier molecular flexibility index (Phi) is 7.06. The number of halogens is 3. The van der Waals surface area contributed by atoms with E-state index in [-0.39, 0.29) is 18.4 Å². The zero-order valence-corrected chi connectivity index (χ0v) is 20.9. The first kappa shape index (κ1) is 23.8. The van der Waals surface area contributed by atoms with Crippen molar-refractivity contribution >= 4 is 58.0 Å². The number of para-hydroxylation sites is 1. The smallest absolute Gasteiger partial charge is 0.260 e. The molecule has 1 saturated heterocycles. The van der Waals surface area contributed by atoms with Gasteiger partial charge in [0, 0.05) is 5.92 Å². The van der Waals surface area contributed by atoms with Crippen LogP contribution in [-0.2, 0) is 11.3 Å². The number of hydrogen-bond acceptors (Lipinski definition) is 5. The van der Waals surface area contributed by atoms with Gasteiger partial charge in [-0.05, 0) is 50.2 Å². The fourth-order valence-corrected chi connectivity index (χ4v) is 4.79. The summed E-state index contributed by atoms with van der Waals surface area (Å²) in [5.41, 5.74) is 5.47. The van der Waals surface area contributed by atoms with Gasteiger partial charge in [-0.2, -0.15) is 10.2 Å². The molecule has 2 aromatic carbocycles. The lowest BCUT2D eigenvalue weighted by Gasteiger charge is -2.23. The fourth-order valence-electron chi connectivity index (χ4n) is 4.23. The Bertz CT molecular complexity index is 1390. The number of rotatable bonds is 6. The van der Waals surface area contributed by atoms with E-state index in [4.69, 9.17) is 39.8 Å². The van der Waals surface area contributed by atoms with Crippen LogP contribution in [0.4, 0.5) is 0 Å². The van der Waals surface area contributed by atoms with Gasteiger partial charge in [0.05, 0.1) is 44.7 Å². The number of aromatic nitrogens is 4. The zero-order valence-electron chi connectivity index (χ0n) is 18.6. The van der Waals surface area contributed by atoms with Gasteiger partial charge in [-0.1, -0.05) is 53.0 Å². The standard InChI is InChI=1S/C24H22Cl3N7O/c25-18-10-20-21(11-19(18)26)33(24(31-20)15-6-8-28-9-7-15)14-22(35)32-29-12-16-13-30-34(23(16)27)17-4-2-1-3-5-17/h1-5,10-13,15,28H,6-9,14H2,(H,32,35)/b29-12+. The van der Waals surface area contributed by atoms with E-state index in [1.807, 2.05) is 34.9 Å². The molecule has 0 spiro atoms. The summed E-state index contributed by atoms with van der Waals surface area (Å²) in [4.78, 5) is 17.7. The van der Waals surface area contributed by atoms with Crippen LogP contribution in [0.2, 0.25) is 15.2 Å². The molecule has 1 amide bonds. The number of amides is 1. The van der Waals surface area contributed by atoms with Crippen molar-refractivity contribution in [2.45, 2.75) is 25.3 Å². The molecule has 0 unspecified atom stereocenters. The molecule has 3 heterocycles. The second kappa shape index (κ2) is 10.4. The monoisotopic (exact) mass is 529 g/mol. The van der Waals surface area contributed by atoms with Crippen LogP contribution in [0.1, 0.15) is 30.1 Å². The van der Waals surface area contributed by atoms with E-state index in [0.29, 0.717) is 26.3 Å². The molecule has 4 aromatic rings. The van der Waals surface area contributed by atoms with E-state index in [1.54, 1.807) is 23.0 Å². The summed E-state index contributed by atoms with van der Waals surface area (Å²) in [6.07, 6.45) is 4.95. The minimum atomic E-state index is -0.298. The van der Waals surface area contributed by atoms with Crippen molar-refractivity contribution in [3.8, 4) is 5.69 Å². The molecule has 0 atom stereocenters. The lowest BCUT2D eigenvalue weighted by Crippen LogP contribution is -2.30. The summed E-state index contributed by atoms with van der Waals surface area (Å²) in [5, 5.41) is 13.0. The highest BCUT2D eigenvalue weighted by molar-refractivity contribution is 6.42. The Morgan fingerprint density at radius 1 is 1.14 bits per heavy atom. The fraction of sp³-hybridized carbons (Fsp3) is 0.250. The first-order valence-electron chi connectivity index (χ1n) is 11.2. The average Bonchev–Trinajstić information content (AvgIpc) is 3.40. The Morgan fingerprint density at radius 3 is 2.66 bits per heavy atom. The summed E-state index contributed by atoms with van der Waals surface area (Å²) in [5.74, 6) is 0.791. The van der Waals surface area contributed by atoms with Gasteiger partial charge in [-0.3, -0.25) is 4.79 Å². The maximum Gasteiger partial charge on any atom is 0.260 e. The van der Waals surface area contributed by atoms with Gasteiger partial charge in [0.25, 0.3) is 5.91 Å². The Labute approximate surface area is 216 Å². The van der Waals surface area contributed by atoms with Crippen LogP contribution in [0.15, 0.2) is 53.8 Å². The van der Waals surface area contributed by atoms with Gasteiger partial charge in [0.1, 0.15) is 17.5 Å². The Hall–Kier alpha value is -2.91. The molecule has 2 aromatic heterocycles. The number of carbonyl (C=O) groups is 1. The lowest BCUT2D eigenvalue weighted by atomic mass is 9.97. The highest BCUT2D eigenvalue weighted by atomic mass is 35.5. The molecule has 1 fully saturated rings. The maximum atomic E-state index is 12.8. The highest BCUT2D eigenvalue weighted by Crippen LogP contribution is 2.32. The SMILES string of the molecule is O=C(Cn1c(C2CCNCC2)nc2cc(Cl)c(Cl)cc21)N/N=C/c1cnn(-c2ccccc2)c1Cl. The van der Waals surface area contributed by atoms with Crippen LogP contribution in [0.3, 0.4) is 0 Å². The van der Waals surface area contributed by atoms with Crippen molar-refractivity contribution < 1.29 is 4.79 Å². The van der Waals surface area contributed by atoms with E-state index in [1.165, 1.54) is 6.21 Å². The van der Waals surface area contributed by atoms with Gasteiger partial charge in [0.15, 0.2) is 0 Å². The predicted octanol–water partition coefficient (Wildman–Crippen LogP) is 4.80. The molecule has 8 nitrogen and oxygen atoms in total. The molecule has 180 valence electrons. The van der Waals surface area contributed by atoms with Crippen molar-refractivity contribution in [2.24, 2.45) is 5.10 Å². The van der Waals surface area contributed by atoms with Crippen LogP contribution in [0, 0.1) is 0 Å². The highest BCUT2D eigenvalue weighted by Gasteiger charge is 2.24. The van der Waals surface area contributed by atoms with Crippen molar-refractivity contribution in [3.63, 3.8) is 0 Å². The van der Waals surface area contributed by atoms with Crippen LogP contribution >= 0.6 is 34.8 Å². The van der Waals surface area contributed by atoms with Crippen LogP contribution in [-0.4, -0.2) is 44.5 Å². The summed E-state index contributed by atoms with van der Waals surface area (Å²) in [6, 6.07) is 13.0. The Morgan fingerprint density at radius 2 is 1.89 bits per heavy atom. The molecule has 0 saturated carbocycles. The minimum Gasteiger partial charge on any atom is -0.318 e.